The van der Waals surface area contributed by atoms with Gasteiger partial charge in [0.05, 0.1) is 6.04 Å². The minimum Gasteiger partial charge on any atom is -0.347 e. The van der Waals surface area contributed by atoms with Crippen LogP contribution in [0.5, 0.6) is 0 Å². The van der Waals surface area contributed by atoms with Gasteiger partial charge in [-0.05, 0) is 34.9 Å². The molecule has 2 aromatic carbocycles. The van der Waals surface area contributed by atoms with E-state index in [2.05, 4.69) is 10.6 Å². The Kier molecular flexibility index (Phi) is 4.88. The van der Waals surface area contributed by atoms with E-state index in [1.54, 1.807) is 0 Å². The number of hydrogen-bond acceptors (Lipinski definition) is 3. The Morgan fingerprint density at radius 2 is 1.77 bits per heavy atom. The van der Waals surface area contributed by atoms with E-state index in [0.717, 1.165) is 28.0 Å². The van der Waals surface area contributed by atoms with Gasteiger partial charge in [-0.3, -0.25) is 14.5 Å². The number of benzene rings is 2. The van der Waals surface area contributed by atoms with Crippen LogP contribution < -0.4 is 10.6 Å². The highest BCUT2D eigenvalue weighted by Crippen LogP contribution is 2.41. The summed E-state index contributed by atoms with van der Waals surface area (Å²) in [6.07, 6.45) is 1.24. The fourth-order valence-corrected chi connectivity index (χ4v) is 4.53. The number of urea groups is 1. The molecule has 6 heteroatoms. The average Bonchev–Trinajstić information content (AvgIpc) is 3.19. The third-order valence-corrected chi connectivity index (χ3v) is 6.03. The van der Waals surface area contributed by atoms with Crippen LogP contribution in [0.1, 0.15) is 49.9 Å². The lowest BCUT2D eigenvalue weighted by Gasteiger charge is -2.32. The van der Waals surface area contributed by atoms with Crippen molar-refractivity contribution >= 4 is 17.8 Å². The maximum atomic E-state index is 13.3. The molecule has 156 valence electrons. The third kappa shape index (κ3) is 3.36. The minimum absolute atomic E-state index is 0.236. The summed E-state index contributed by atoms with van der Waals surface area (Å²) in [4.78, 5) is 39.8. The van der Waals surface area contributed by atoms with E-state index < -0.39 is 11.6 Å². The molecule has 1 aliphatic heterocycles. The molecule has 2 N–H and O–H groups in total. The summed E-state index contributed by atoms with van der Waals surface area (Å²) in [7, 11) is 0. The standard InChI is InChI=1S/C24H27N3O3/c1-23(2,3)20(17-10-5-4-6-11-17)25-19(28)15-27-21(29)24(26-22(27)30)14-13-16-9-7-8-12-18(16)24/h4-12,20H,13-15H2,1-3H3,(H,25,28)(H,26,30). The summed E-state index contributed by atoms with van der Waals surface area (Å²) in [6, 6.07) is 16.6. The van der Waals surface area contributed by atoms with Gasteiger partial charge in [0.1, 0.15) is 12.1 Å². The maximum Gasteiger partial charge on any atom is 0.325 e. The van der Waals surface area contributed by atoms with Crippen LogP contribution in [0.3, 0.4) is 0 Å². The fraction of sp³-hybridized carbons (Fsp3) is 0.375. The van der Waals surface area contributed by atoms with Gasteiger partial charge < -0.3 is 10.6 Å². The number of carbonyl (C=O) groups is 3. The van der Waals surface area contributed by atoms with Gasteiger partial charge in [-0.15, -0.1) is 0 Å². The minimum atomic E-state index is -1.04. The van der Waals surface area contributed by atoms with Crippen LogP contribution in [-0.4, -0.2) is 29.3 Å². The molecule has 4 rings (SSSR count). The summed E-state index contributed by atoms with van der Waals surface area (Å²) in [6.45, 7) is 5.84. The number of hydrogen-bond donors (Lipinski definition) is 2. The van der Waals surface area contributed by atoms with E-state index in [9.17, 15) is 14.4 Å². The van der Waals surface area contributed by atoms with Crippen LogP contribution in [0.4, 0.5) is 4.79 Å². The number of rotatable bonds is 4. The smallest absolute Gasteiger partial charge is 0.325 e. The van der Waals surface area contributed by atoms with Gasteiger partial charge >= 0.3 is 6.03 Å². The van der Waals surface area contributed by atoms with E-state index >= 15 is 0 Å². The largest absolute Gasteiger partial charge is 0.347 e. The predicted octanol–water partition coefficient (Wildman–Crippen LogP) is 3.28. The molecule has 1 saturated heterocycles. The first-order valence-corrected chi connectivity index (χ1v) is 10.3. The Morgan fingerprint density at radius 3 is 2.47 bits per heavy atom. The molecule has 4 amide bonds. The number of carbonyl (C=O) groups excluding carboxylic acids is 3. The fourth-order valence-electron chi connectivity index (χ4n) is 4.53. The molecule has 0 radical (unpaired) electrons. The van der Waals surface area contributed by atoms with Crippen molar-refractivity contribution in [3.8, 4) is 0 Å². The van der Waals surface area contributed by atoms with Gasteiger partial charge in [-0.25, -0.2) is 4.79 Å². The molecule has 2 aliphatic rings. The zero-order valence-corrected chi connectivity index (χ0v) is 17.6. The van der Waals surface area contributed by atoms with Crippen LogP contribution in [0.15, 0.2) is 54.6 Å². The summed E-state index contributed by atoms with van der Waals surface area (Å²) in [5.74, 6) is -0.703. The van der Waals surface area contributed by atoms with Crippen molar-refractivity contribution in [3.63, 3.8) is 0 Å². The van der Waals surface area contributed by atoms with Crippen LogP contribution in [-0.2, 0) is 21.5 Å². The second-order valence-electron chi connectivity index (χ2n) is 9.16. The Hall–Kier alpha value is -3.15. The van der Waals surface area contributed by atoms with Gasteiger partial charge in [0, 0.05) is 0 Å². The molecule has 30 heavy (non-hydrogen) atoms. The molecule has 0 saturated carbocycles. The van der Waals surface area contributed by atoms with Crippen molar-refractivity contribution in [2.45, 2.75) is 45.2 Å². The Morgan fingerprint density at radius 1 is 1.10 bits per heavy atom. The molecular weight excluding hydrogens is 378 g/mol. The molecular formula is C24H27N3O3. The second-order valence-corrected chi connectivity index (χ2v) is 9.16. The normalized spacial score (nSPS) is 21.5. The van der Waals surface area contributed by atoms with Crippen molar-refractivity contribution in [2.75, 3.05) is 6.54 Å². The second kappa shape index (κ2) is 7.27. The Balaban J connectivity index is 1.53. The molecule has 0 bridgehead atoms. The molecule has 1 fully saturated rings. The van der Waals surface area contributed by atoms with Crippen LogP contribution in [0.2, 0.25) is 0 Å². The van der Waals surface area contributed by atoms with Crippen molar-refractivity contribution in [2.24, 2.45) is 5.41 Å². The number of amides is 4. The van der Waals surface area contributed by atoms with Crippen molar-refractivity contribution in [3.05, 3.63) is 71.3 Å². The average molecular weight is 405 g/mol. The lowest BCUT2D eigenvalue weighted by molar-refractivity contribution is -0.135. The van der Waals surface area contributed by atoms with Gasteiger partial charge in [0.25, 0.3) is 5.91 Å². The van der Waals surface area contributed by atoms with Crippen molar-refractivity contribution in [1.82, 2.24) is 15.5 Å². The van der Waals surface area contributed by atoms with Crippen LogP contribution in [0, 0.1) is 5.41 Å². The lowest BCUT2D eigenvalue weighted by Crippen LogP contribution is -2.45. The Labute approximate surface area is 176 Å². The summed E-state index contributed by atoms with van der Waals surface area (Å²) in [5, 5.41) is 5.89. The molecule has 1 spiro atoms. The number of imide groups is 1. The zero-order chi connectivity index (χ0) is 21.5. The molecule has 1 aliphatic carbocycles. The van der Waals surface area contributed by atoms with E-state index in [-0.39, 0.29) is 29.8 Å². The number of nitrogens with zero attached hydrogens (tertiary/aromatic N) is 1. The number of aryl methyl sites for hydroxylation is 1. The molecule has 2 aromatic rings. The third-order valence-electron chi connectivity index (χ3n) is 6.03. The van der Waals surface area contributed by atoms with Crippen molar-refractivity contribution < 1.29 is 14.4 Å². The number of fused-ring (bicyclic) bond motifs is 2. The molecule has 2 unspecified atom stereocenters. The monoisotopic (exact) mass is 405 g/mol. The lowest BCUT2D eigenvalue weighted by atomic mass is 9.82. The van der Waals surface area contributed by atoms with Crippen LogP contribution in [0.25, 0.3) is 0 Å². The highest BCUT2D eigenvalue weighted by Gasteiger charge is 2.55. The summed E-state index contributed by atoms with van der Waals surface area (Å²) in [5.41, 5.74) is 1.60. The van der Waals surface area contributed by atoms with Crippen LogP contribution >= 0.6 is 0 Å². The van der Waals surface area contributed by atoms with E-state index in [1.165, 1.54) is 0 Å². The van der Waals surface area contributed by atoms with Gasteiger partial charge in [-0.1, -0.05) is 75.4 Å². The van der Waals surface area contributed by atoms with E-state index in [0.29, 0.717) is 6.42 Å². The highest BCUT2D eigenvalue weighted by atomic mass is 16.2. The number of nitrogens with one attached hydrogen (secondary N) is 2. The Bertz CT molecular complexity index is 996. The predicted molar refractivity (Wildman–Crippen MR) is 113 cm³/mol. The molecule has 0 aromatic heterocycles. The van der Waals surface area contributed by atoms with Gasteiger partial charge in [-0.2, -0.15) is 0 Å². The van der Waals surface area contributed by atoms with Gasteiger partial charge in [0.15, 0.2) is 0 Å². The van der Waals surface area contributed by atoms with E-state index in [1.807, 2.05) is 75.4 Å². The first-order valence-electron chi connectivity index (χ1n) is 10.3. The summed E-state index contributed by atoms with van der Waals surface area (Å²) >= 11 is 0. The summed E-state index contributed by atoms with van der Waals surface area (Å²) < 4.78 is 0. The first kappa shape index (κ1) is 20.1. The topological polar surface area (TPSA) is 78.5 Å². The van der Waals surface area contributed by atoms with Crippen molar-refractivity contribution in [1.29, 1.82) is 0 Å². The van der Waals surface area contributed by atoms with E-state index in [4.69, 9.17) is 0 Å². The molecule has 6 nitrogen and oxygen atoms in total. The highest BCUT2D eigenvalue weighted by molar-refractivity contribution is 6.09. The SMILES string of the molecule is CC(C)(C)C(NC(=O)CN1C(=O)NC2(CCc3ccccc32)C1=O)c1ccccc1. The van der Waals surface area contributed by atoms with Gasteiger partial charge in [0.2, 0.25) is 5.91 Å². The molecule has 1 heterocycles. The quantitative estimate of drug-likeness (QED) is 0.767. The maximum absolute atomic E-state index is 13.3. The molecule has 2 atom stereocenters. The zero-order valence-electron chi connectivity index (χ0n) is 17.6. The first-order chi connectivity index (χ1) is 14.2.